The molecule has 0 radical (unpaired) electrons. The van der Waals surface area contributed by atoms with Crippen LogP contribution in [0.3, 0.4) is 0 Å². The number of likely N-dealkylation sites (N-methyl/N-ethyl adjacent to an activating group) is 1. The summed E-state index contributed by atoms with van der Waals surface area (Å²) in [6.45, 7) is 5.85. The Hall–Kier alpha value is -0.780. The third-order valence-corrected chi connectivity index (χ3v) is 4.18. The smallest absolute Gasteiger partial charge is 0.172 e. The number of hydrogen-bond acceptors (Lipinski definition) is 2. The number of aromatic hydroxyl groups is 1. The number of quaternary nitrogens is 2. The molecule has 0 spiro atoms. The normalized spacial score (nSPS) is 23.9. The van der Waals surface area contributed by atoms with Gasteiger partial charge in [-0.2, -0.15) is 0 Å². The molecule has 0 saturated carbocycles. The number of benzene rings is 1. The summed E-state index contributed by atoms with van der Waals surface area (Å²) < 4.78 is 5.88. The van der Waals surface area contributed by atoms with E-state index in [0.717, 1.165) is 6.54 Å². The molecule has 1 fully saturated rings. The number of ether oxygens (including phenoxy) is 1. The maximum absolute atomic E-state index is 9.78. The van der Waals surface area contributed by atoms with Gasteiger partial charge in [-0.25, -0.2) is 0 Å². The molecule has 0 amide bonds. The highest BCUT2D eigenvalue weighted by Gasteiger charge is 2.20. The van der Waals surface area contributed by atoms with Crippen LogP contribution < -0.4 is 14.5 Å². The molecule has 5 heteroatoms. The minimum atomic E-state index is 0.180. The van der Waals surface area contributed by atoms with E-state index in [1.54, 1.807) is 16.9 Å². The van der Waals surface area contributed by atoms with Gasteiger partial charge >= 0.3 is 0 Å². The zero-order valence-corrected chi connectivity index (χ0v) is 12.5. The predicted octanol–water partition coefficient (Wildman–Crippen LogP) is -0.923. The second-order valence-electron chi connectivity index (χ2n) is 5.01. The second kappa shape index (κ2) is 5.91. The maximum Gasteiger partial charge on any atom is 0.172 e. The van der Waals surface area contributed by atoms with E-state index in [9.17, 15) is 5.11 Å². The molecule has 1 saturated heterocycles. The molecule has 2 rings (SSSR count). The largest absolute Gasteiger partial charge is 0.503 e. The maximum atomic E-state index is 9.78. The van der Waals surface area contributed by atoms with Crippen molar-refractivity contribution in [2.75, 3.05) is 40.3 Å². The van der Waals surface area contributed by atoms with Gasteiger partial charge in [0.25, 0.3) is 0 Å². The Morgan fingerprint density at radius 2 is 1.94 bits per heavy atom. The van der Waals surface area contributed by atoms with Crippen molar-refractivity contribution in [3.63, 3.8) is 0 Å². The predicted molar refractivity (Wildman–Crippen MR) is 73.4 cm³/mol. The summed E-state index contributed by atoms with van der Waals surface area (Å²) in [6.07, 6.45) is 0. The van der Waals surface area contributed by atoms with Crippen molar-refractivity contribution in [2.45, 2.75) is 6.54 Å². The van der Waals surface area contributed by atoms with Crippen LogP contribution in [-0.2, 0) is 6.54 Å². The molecule has 0 unspecified atom stereocenters. The van der Waals surface area contributed by atoms with Crippen LogP contribution in [0, 0.1) is 0 Å². The number of phenols is 1. The first-order valence-electron chi connectivity index (χ1n) is 6.30. The minimum absolute atomic E-state index is 0.180. The number of piperazine rings is 1. The lowest BCUT2D eigenvalue weighted by Crippen LogP contribution is -3.26. The summed E-state index contributed by atoms with van der Waals surface area (Å²) >= 11 is 3.37. The highest BCUT2D eigenvalue weighted by Crippen LogP contribution is 2.34. The van der Waals surface area contributed by atoms with Gasteiger partial charge in [0, 0.05) is 5.56 Å². The Balaban J connectivity index is 2.07. The van der Waals surface area contributed by atoms with Gasteiger partial charge in [-0.1, -0.05) is 0 Å². The Morgan fingerprint density at radius 1 is 1.28 bits per heavy atom. The zero-order valence-electron chi connectivity index (χ0n) is 10.9. The average molecular weight is 317 g/mol. The summed E-state index contributed by atoms with van der Waals surface area (Å²) in [7, 11) is 3.83. The van der Waals surface area contributed by atoms with Crippen LogP contribution in [0.2, 0.25) is 0 Å². The Morgan fingerprint density at radius 3 is 2.56 bits per heavy atom. The van der Waals surface area contributed by atoms with Crippen LogP contribution in [0.5, 0.6) is 11.5 Å². The minimum Gasteiger partial charge on any atom is -0.503 e. The second-order valence-corrected chi connectivity index (χ2v) is 5.87. The number of phenolic OH excluding ortho intramolecular Hbond substituents is 1. The van der Waals surface area contributed by atoms with Gasteiger partial charge in [0.2, 0.25) is 0 Å². The van der Waals surface area contributed by atoms with Crippen molar-refractivity contribution in [1.82, 2.24) is 0 Å². The standard InChI is InChI=1S/C13H19BrN2O2/c1-15-3-5-16(6-4-15)9-10-7-11(14)13(17)12(8-10)18-2/h7-8,17H,3-6,9H2,1-2H3/p+2. The monoisotopic (exact) mass is 316 g/mol. The van der Waals surface area contributed by atoms with Crippen LogP contribution >= 0.6 is 15.9 Å². The molecule has 100 valence electrons. The van der Waals surface area contributed by atoms with E-state index in [1.807, 2.05) is 12.1 Å². The molecule has 0 aliphatic carbocycles. The van der Waals surface area contributed by atoms with Crippen LogP contribution in [-0.4, -0.2) is 45.4 Å². The van der Waals surface area contributed by atoms with Gasteiger partial charge in [0.05, 0.1) is 18.6 Å². The first-order valence-corrected chi connectivity index (χ1v) is 7.09. The molecule has 0 bridgehead atoms. The number of hydrogen-bond donors (Lipinski definition) is 3. The highest BCUT2D eigenvalue weighted by molar-refractivity contribution is 9.10. The molecule has 1 aliphatic heterocycles. The highest BCUT2D eigenvalue weighted by atomic mass is 79.9. The Labute approximate surface area is 116 Å². The van der Waals surface area contributed by atoms with Crippen molar-refractivity contribution in [3.8, 4) is 11.5 Å². The number of methoxy groups -OCH3 is 1. The zero-order chi connectivity index (χ0) is 13.1. The van der Waals surface area contributed by atoms with Crippen LogP contribution in [0.25, 0.3) is 0 Å². The van der Waals surface area contributed by atoms with Crippen molar-refractivity contribution in [2.24, 2.45) is 0 Å². The summed E-state index contributed by atoms with van der Waals surface area (Å²) in [5.74, 6) is 0.720. The molecule has 1 heterocycles. The van der Waals surface area contributed by atoms with Gasteiger partial charge in [-0.3, -0.25) is 0 Å². The third kappa shape index (κ3) is 3.16. The summed E-state index contributed by atoms with van der Waals surface area (Å²) in [5.41, 5.74) is 1.20. The van der Waals surface area contributed by atoms with E-state index in [4.69, 9.17) is 4.74 Å². The van der Waals surface area contributed by atoms with Gasteiger partial charge in [-0.05, 0) is 28.1 Å². The van der Waals surface area contributed by atoms with E-state index >= 15 is 0 Å². The Bertz CT molecular complexity index is 418. The van der Waals surface area contributed by atoms with Gasteiger partial charge in [0.1, 0.15) is 32.7 Å². The lowest BCUT2D eigenvalue weighted by molar-refractivity contribution is -1.01. The fourth-order valence-corrected chi connectivity index (χ4v) is 2.87. The lowest BCUT2D eigenvalue weighted by atomic mass is 10.1. The number of halogens is 1. The molecule has 0 atom stereocenters. The Kier molecular flexibility index (Phi) is 4.48. The summed E-state index contributed by atoms with van der Waals surface area (Å²) in [5, 5.41) is 9.78. The molecular weight excluding hydrogens is 296 g/mol. The molecule has 18 heavy (non-hydrogen) atoms. The average Bonchev–Trinajstić information content (AvgIpc) is 2.36. The quantitative estimate of drug-likeness (QED) is 0.674. The van der Waals surface area contributed by atoms with E-state index in [0.29, 0.717) is 10.2 Å². The molecule has 1 aromatic rings. The van der Waals surface area contributed by atoms with Crippen molar-refractivity contribution >= 4 is 15.9 Å². The molecule has 4 nitrogen and oxygen atoms in total. The van der Waals surface area contributed by atoms with Crippen LogP contribution in [0.1, 0.15) is 5.56 Å². The van der Waals surface area contributed by atoms with E-state index < -0.39 is 0 Å². The fraction of sp³-hybridized carbons (Fsp3) is 0.538. The molecular formula is C13H21BrN2O2+2. The first kappa shape index (κ1) is 13.6. The fourth-order valence-electron chi connectivity index (χ4n) is 2.38. The molecule has 1 aromatic carbocycles. The number of rotatable bonds is 3. The van der Waals surface area contributed by atoms with E-state index in [-0.39, 0.29) is 5.75 Å². The molecule has 0 aromatic heterocycles. The topological polar surface area (TPSA) is 38.3 Å². The van der Waals surface area contributed by atoms with Crippen LogP contribution in [0.15, 0.2) is 16.6 Å². The third-order valence-electron chi connectivity index (χ3n) is 3.57. The van der Waals surface area contributed by atoms with Crippen molar-refractivity contribution in [1.29, 1.82) is 0 Å². The van der Waals surface area contributed by atoms with Gasteiger partial charge in [-0.15, -0.1) is 0 Å². The first-order chi connectivity index (χ1) is 8.60. The summed E-state index contributed by atoms with van der Waals surface area (Å²) in [6, 6.07) is 3.91. The van der Waals surface area contributed by atoms with Crippen molar-refractivity contribution in [3.05, 3.63) is 22.2 Å². The van der Waals surface area contributed by atoms with E-state index in [1.165, 1.54) is 31.7 Å². The lowest BCUT2D eigenvalue weighted by Gasteiger charge is -2.27. The summed E-state index contributed by atoms with van der Waals surface area (Å²) in [4.78, 5) is 3.21. The molecule has 3 N–H and O–H groups in total. The van der Waals surface area contributed by atoms with E-state index in [2.05, 4.69) is 23.0 Å². The number of nitrogens with one attached hydrogen (secondary N) is 2. The van der Waals surface area contributed by atoms with Gasteiger partial charge in [0.15, 0.2) is 11.5 Å². The van der Waals surface area contributed by atoms with Gasteiger partial charge < -0.3 is 19.6 Å². The molecule has 1 aliphatic rings. The SMILES string of the molecule is COc1cc(C[NH+]2CC[NH+](C)CC2)cc(Br)c1O. The van der Waals surface area contributed by atoms with Crippen LogP contribution in [0.4, 0.5) is 0 Å². The van der Waals surface area contributed by atoms with Crippen molar-refractivity contribution < 1.29 is 19.6 Å².